The van der Waals surface area contributed by atoms with Crippen LogP contribution in [0, 0.1) is 0 Å². The lowest BCUT2D eigenvalue weighted by Crippen LogP contribution is -2.57. The van der Waals surface area contributed by atoms with Crippen molar-refractivity contribution in [3.8, 4) is 11.5 Å². The van der Waals surface area contributed by atoms with Gasteiger partial charge in [0.25, 0.3) is 5.91 Å². The number of phenols is 1. The first kappa shape index (κ1) is 38.7. The average molecular weight is 783 g/mol. The number of piperazine rings is 2. The summed E-state index contributed by atoms with van der Waals surface area (Å²) in [4.78, 5) is 60.8. The van der Waals surface area contributed by atoms with Crippen molar-refractivity contribution in [1.82, 2.24) is 24.9 Å². The minimum absolute atomic E-state index is 0.0780. The van der Waals surface area contributed by atoms with E-state index in [1.165, 1.54) is 11.1 Å². The summed E-state index contributed by atoms with van der Waals surface area (Å²) in [5.41, 5.74) is 8.15. The van der Waals surface area contributed by atoms with Gasteiger partial charge in [0.15, 0.2) is 0 Å². The van der Waals surface area contributed by atoms with Gasteiger partial charge in [-0.1, -0.05) is 61.5 Å². The van der Waals surface area contributed by atoms with Gasteiger partial charge in [-0.3, -0.25) is 24.6 Å². The summed E-state index contributed by atoms with van der Waals surface area (Å²) in [6, 6.07) is 31.3. The number of carbonyl (C=O) groups excluding carboxylic acids is 4. The summed E-state index contributed by atoms with van der Waals surface area (Å²) in [5, 5.41) is 12.3. The molecule has 3 fully saturated rings. The van der Waals surface area contributed by atoms with Crippen molar-refractivity contribution < 1.29 is 29.0 Å². The number of aromatic hydroxyl groups is 1. The number of rotatable bonds is 10. The number of ether oxygens (including phenoxy) is 1. The van der Waals surface area contributed by atoms with Crippen LogP contribution in [0.1, 0.15) is 58.8 Å². The molecule has 0 saturated carbocycles. The van der Waals surface area contributed by atoms with E-state index < -0.39 is 11.9 Å². The number of nitrogens with one attached hydrogen (secondary N) is 1. The Morgan fingerprint density at radius 2 is 1.43 bits per heavy atom. The molecule has 0 radical (unpaired) electrons. The predicted octanol–water partition coefficient (Wildman–Crippen LogP) is 5.46. The van der Waals surface area contributed by atoms with Crippen molar-refractivity contribution in [3.63, 3.8) is 0 Å². The fraction of sp³-hybridized carbons (Fsp3) is 0.348. The lowest BCUT2D eigenvalue weighted by molar-refractivity contribution is -0.136. The van der Waals surface area contributed by atoms with Crippen LogP contribution in [-0.4, -0.2) is 120 Å². The molecule has 12 heteroatoms. The van der Waals surface area contributed by atoms with Crippen LogP contribution in [0.25, 0.3) is 11.1 Å². The average Bonchev–Trinajstić information content (AvgIpc) is 3.58. The molecule has 4 aliphatic heterocycles. The van der Waals surface area contributed by atoms with Crippen molar-refractivity contribution in [3.05, 3.63) is 125 Å². The summed E-state index contributed by atoms with van der Waals surface area (Å²) in [6.07, 6.45) is 1.42. The van der Waals surface area contributed by atoms with Crippen molar-refractivity contribution >= 4 is 40.6 Å². The maximum atomic E-state index is 13.5. The van der Waals surface area contributed by atoms with Crippen molar-refractivity contribution in [2.24, 2.45) is 0 Å². The molecule has 5 amide bonds. The molecule has 4 aliphatic rings. The van der Waals surface area contributed by atoms with Crippen LogP contribution in [0.4, 0.5) is 10.5 Å². The number of hydrogen-bond donors (Lipinski definition) is 2. The van der Waals surface area contributed by atoms with Gasteiger partial charge < -0.3 is 29.4 Å². The SMILES string of the molecule is CC/C(=C(/c1ccc(O)cc1)c1ccc(OCCN2CCN(C(=O)N3CCN(c4ccc5c(c4)CN([C@@H]4CCC(=O)NC4=O)C5=O)CC3)CC2)cc1)c1ccccc1. The highest BCUT2D eigenvalue weighted by molar-refractivity contribution is 6.05. The topological polar surface area (TPSA) is 126 Å². The Kier molecular flexibility index (Phi) is 11.5. The summed E-state index contributed by atoms with van der Waals surface area (Å²) in [7, 11) is 0. The number of imide groups is 1. The van der Waals surface area contributed by atoms with Crippen LogP contribution in [-0.2, 0) is 16.1 Å². The molecule has 0 aliphatic carbocycles. The van der Waals surface area contributed by atoms with E-state index in [0.717, 1.165) is 59.8 Å². The van der Waals surface area contributed by atoms with Crippen LogP contribution in [0.3, 0.4) is 0 Å². The minimum Gasteiger partial charge on any atom is -0.508 e. The first-order chi connectivity index (χ1) is 28.2. The zero-order chi connectivity index (χ0) is 40.2. The smallest absolute Gasteiger partial charge is 0.320 e. The Balaban J connectivity index is 0.795. The molecule has 4 aromatic rings. The summed E-state index contributed by atoms with van der Waals surface area (Å²) >= 11 is 0. The number of carbonyl (C=O) groups is 4. The third-order valence-electron chi connectivity index (χ3n) is 11.8. The summed E-state index contributed by atoms with van der Waals surface area (Å²) in [6.45, 7) is 9.36. The molecule has 0 unspecified atom stereocenters. The van der Waals surface area contributed by atoms with E-state index in [4.69, 9.17) is 4.74 Å². The molecule has 4 aromatic carbocycles. The number of urea groups is 1. The molecule has 0 spiro atoms. The Labute approximate surface area is 339 Å². The van der Waals surface area contributed by atoms with Gasteiger partial charge in [-0.15, -0.1) is 0 Å². The van der Waals surface area contributed by atoms with Crippen LogP contribution in [0.2, 0.25) is 0 Å². The molecule has 1 atom stereocenters. The number of fused-ring (bicyclic) bond motifs is 1. The third kappa shape index (κ3) is 8.29. The van der Waals surface area contributed by atoms with Crippen molar-refractivity contribution in [1.29, 1.82) is 0 Å². The number of nitrogens with zero attached hydrogens (tertiary/aromatic N) is 5. The van der Waals surface area contributed by atoms with Gasteiger partial charge >= 0.3 is 6.03 Å². The second kappa shape index (κ2) is 17.2. The molecule has 8 rings (SSSR count). The minimum atomic E-state index is -0.634. The highest BCUT2D eigenvalue weighted by Gasteiger charge is 2.39. The standard InChI is InChI=1S/C46H50N6O6/c1-2-39(32-6-4-3-5-7-32)43(33-8-13-37(53)14-9-33)34-10-15-38(16-11-34)58-29-28-48-20-22-50(23-21-48)46(57)51-26-24-49(25-27-51)36-12-17-40-35(30-36)31-52(45(40)56)41-18-19-42(54)47-44(41)55/h3-17,30,41,53H,2,18-29,31H2,1H3,(H,47,54,55)/b43-39+/t41-/m1/s1. The lowest BCUT2D eigenvalue weighted by Gasteiger charge is -2.41. The largest absolute Gasteiger partial charge is 0.508 e. The quantitative estimate of drug-likeness (QED) is 0.161. The molecular weight excluding hydrogens is 733 g/mol. The highest BCUT2D eigenvalue weighted by Crippen LogP contribution is 2.36. The number of phenolic OH excluding ortho intramolecular Hbond substituents is 1. The van der Waals surface area contributed by atoms with Crippen LogP contribution < -0.4 is 15.0 Å². The van der Waals surface area contributed by atoms with Gasteiger partial charge in [-0.25, -0.2) is 4.79 Å². The second-order valence-electron chi connectivity index (χ2n) is 15.3. The molecule has 0 aromatic heterocycles. The molecule has 2 N–H and O–H groups in total. The molecule has 4 heterocycles. The molecule has 300 valence electrons. The number of piperidine rings is 1. The van der Waals surface area contributed by atoms with E-state index in [0.29, 0.717) is 64.4 Å². The first-order valence-electron chi connectivity index (χ1n) is 20.4. The number of benzene rings is 4. The number of allylic oxidation sites excluding steroid dienone is 1. The second-order valence-corrected chi connectivity index (χ2v) is 15.3. The Morgan fingerprint density at radius 1 is 0.776 bits per heavy atom. The van der Waals surface area contributed by atoms with Crippen molar-refractivity contribution in [2.45, 2.75) is 38.8 Å². The van der Waals surface area contributed by atoms with Gasteiger partial charge in [-0.2, -0.15) is 0 Å². The highest BCUT2D eigenvalue weighted by atomic mass is 16.5. The summed E-state index contributed by atoms with van der Waals surface area (Å²) in [5.74, 6) is 0.165. The van der Waals surface area contributed by atoms with Gasteiger partial charge in [0.2, 0.25) is 11.8 Å². The van der Waals surface area contributed by atoms with Crippen LogP contribution in [0.15, 0.2) is 97.1 Å². The Bertz CT molecular complexity index is 2170. The van der Waals surface area contributed by atoms with Gasteiger partial charge in [0, 0.05) is 83.1 Å². The maximum absolute atomic E-state index is 13.5. The van der Waals surface area contributed by atoms with Gasteiger partial charge in [0.05, 0.1) is 0 Å². The molecule has 0 bridgehead atoms. The number of amides is 5. The Morgan fingerprint density at radius 3 is 2.09 bits per heavy atom. The van der Waals surface area contributed by atoms with Crippen LogP contribution in [0.5, 0.6) is 11.5 Å². The van der Waals surface area contributed by atoms with Crippen LogP contribution >= 0.6 is 0 Å². The number of hydrogen-bond acceptors (Lipinski definition) is 8. The zero-order valence-corrected chi connectivity index (χ0v) is 32.9. The fourth-order valence-electron chi connectivity index (χ4n) is 8.59. The van der Waals surface area contributed by atoms with E-state index in [1.54, 1.807) is 17.0 Å². The molecule has 3 saturated heterocycles. The first-order valence-corrected chi connectivity index (χ1v) is 20.4. The van der Waals surface area contributed by atoms with E-state index in [9.17, 15) is 24.3 Å². The lowest BCUT2D eigenvalue weighted by atomic mass is 9.88. The third-order valence-corrected chi connectivity index (χ3v) is 11.8. The number of anilines is 1. The Hall–Kier alpha value is -6.14. The fourth-order valence-corrected chi connectivity index (χ4v) is 8.59. The zero-order valence-electron chi connectivity index (χ0n) is 32.9. The van der Waals surface area contributed by atoms with E-state index in [1.807, 2.05) is 58.3 Å². The van der Waals surface area contributed by atoms with E-state index >= 15 is 0 Å². The molecule has 58 heavy (non-hydrogen) atoms. The molecular formula is C46H50N6O6. The van der Waals surface area contributed by atoms with E-state index in [2.05, 4.69) is 58.4 Å². The maximum Gasteiger partial charge on any atom is 0.320 e. The van der Waals surface area contributed by atoms with Gasteiger partial charge in [0.1, 0.15) is 24.1 Å². The predicted molar refractivity (Wildman–Crippen MR) is 222 cm³/mol. The van der Waals surface area contributed by atoms with Crippen molar-refractivity contribution in [2.75, 3.05) is 70.4 Å². The van der Waals surface area contributed by atoms with Gasteiger partial charge in [-0.05, 0) is 88.7 Å². The van der Waals surface area contributed by atoms with E-state index in [-0.39, 0.29) is 30.0 Å². The normalized spacial score (nSPS) is 19.2. The molecule has 12 nitrogen and oxygen atoms in total. The summed E-state index contributed by atoms with van der Waals surface area (Å²) < 4.78 is 6.19. The monoisotopic (exact) mass is 782 g/mol.